The lowest BCUT2D eigenvalue weighted by molar-refractivity contribution is -0.136. The highest BCUT2D eigenvalue weighted by atomic mass is 16.5. The first-order valence-electron chi connectivity index (χ1n) is 11.3. The van der Waals surface area contributed by atoms with E-state index < -0.39 is 11.9 Å². The van der Waals surface area contributed by atoms with Crippen LogP contribution in [0.4, 0.5) is 16.2 Å². The summed E-state index contributed by atoms with van der Waals surface area (Å²) in [5, 5.41) is 2.31. The number of nitrogens with one attached hydrogen (secondary N) is 1. The number of aryl methyl sites for hydroxylation is 1. The lowest BCUT2D eigenvalue weighted by atomic mass is 10.0. The van der Waals surface area contributed by atoms with E-state index in [0.717, 1.165) is 16.8 Å². The lowest BCUT2D eigenvalue weighted by Crippen LogP contribution is -2.52. The minimum absolute atomic E-state index is 0.155. The molecule has 5 rings (SSSR count). The topological polar surface area (TPSA) is 99.3 Å². The quantitative estimate of drug-likeness (QED) is 0.687. The summed E-state index contributed by atoms with van der Waals surface area (Å²) in [6.07, 6.45) is 0.520. The number of benzene rings is 2. The summed E-state index contributed by atoms with van der Waals surface area (Å²) in [4.78, 5) is 55.2. The normalized spacial score (nSPS) is 22.5. The van der Waals surface area contributed by atoms with Crippen LogP contribution in [0.2, 0.25) is 0 Å². The molecule has 176 valence electrons. The maximum absolute atomic E-state index is 13.5. The number of hydrogen-bond acceptors (Lipinski definition) is 5. The molecule has 34 heavy (non-hydrogen) atoms. The van der Waals surface area contributed by atoms with Gasteiger partial charge in [0.25, 0.3) is 5.91 Å². The van der Waals surface area contributed by atoms with Crippen molar-refractivity contribution in [3.8, 4) is 0 Å². The number of hydrogen-bond donors (Lipinski definition) is 1. The molecule has 0 bridgehead atoms. The number of fused-ring (bicyclic) bond motifs is 1. The van der Waals surface area contributed by atoms with Gasteiger partial charge in [0.15, 0.2) is 0 Å². The van der Waals surface area contributed by atoms with Crippen LogP contribution >= 0.6 is 0 Å². The second-order valence-electron chi connectivity index (χ2n) is 8.95. The SMILES string of the molecule is COC[C@@H]1CN(c2ccc3c(c2)CN(C2CCC(=O)NC2=O)C3=O)C(=O)N1c1ccc(C)cc1. The Kier molecular flexibility index (Phi) is 5.57. The van der Waals surface area contributed by atoms with Gasteiger partial charge in [-0.2, -0.15) is 0 Å². The Morgan fingerprint density at radius 3 is 2.47 bits per heavy atom. The number of imide groups is 1. The van der Waals surface area contributed by atoms with Crippen LogP contribution in [0.15, 0.2) is 42.5 Å². The minimum atomic E-state index is -0.669. The Balaban J connectivity index is 1.40. The summed E-state index contributed by atoms with van der Waals surface area (Å²) in [6, 6.07) is 12.2. The molecule has 9 heteroatoms. The van der Waals surface area contributed by atoms with Crippen molar-refractivity contribution in [1.29, 1.82) is 0 Å². The van der Waals surface area contributed by atoms with E-state index in [1.807, 2.05) is 37.3 Å². The maximum Gasteiger partial charge on any atom is 0.329 e. The van der Waals surface area contributed by atoms with Gasteiger partial charge in [0.05, 0.1) is 19.2 Å². The van der Waals surface area contributed by atoms with Crippen molar-refractivity contribution in [1.82, 2.24) is 10.2 Å². The Bertz CT molecular complexity index is 1180. The van der Waals surface area contributed by atoms with E-state index in [4.69, 9.17) is 4.74 Å². The summed E-state index contributed by atoms with van der Waals surface area (Å²) < 4.78 is 5.39. The lowest BCUT2D eigenvalue weighted by Gasteiger charge is -2.29. The zero-order chi connectivity index (χ0) is 24.0. The summed E-state index contributed by atoms with van der Waals surface area (Å²) in [6.45, 7) is 3.10. The number of carbonyl (C=O) groups excluding carboxylic acids is 4. The first kappa shape index (κ1) is 22.1. The van der Waals surface area contributed by atoms with Crippen LogP contribution in [0, 0.1) is 6.92 Å². The number of anilines is 2. The van der Waals surface area contributed by atoms with Crippen molar-refractivity contribution in [2.45, 2.75) is 38.4 Å². The molecule has 0 aliphatic carbocycles. The molecule has 3 aliphatic heterocycles. The monoisotopic (exact) mass is 462 g/mol. The highest BCUT2D eigenvalue weighted by Crippen LogP contribution is 2.34. The number of amides is 5. The van der Waals surface area contributed by atoms with E-state index in [-0.39, 0.29) is 36.9 Å². The third-order valence-electron chi connectivity index (χ3n) is 6.69. The molecule has 0 radical (unpaired) electrons. The van der Waals surface area contributed by atoms with Gasteiger partial charge in [-0.25, -0.2) is 4.79 Å². The van der Waals surface area contributed by atoms with Crippen LogP contribution in [-0.2, 0) is 20.9 Å². The van der Waals surface area contributed by atoms with E-state index in [1.165, 1.54) is 4.90 Å². The van der Waals surface area contributed by atoms with Crippen LogP contribution in [0.1, 0.15) is 34.3 Å². The van der Waals surface area contributed by atoms with Crippen LogP contribution in [0.25, 0.3) is 0 Å². The molecule has 3 aliphatic rings. The van der Waals surface area contributed by atoms with Crippen molar-refractivity contribution in [3.63, 3.8) is 0 Å². The molecule has 0 aromatic heterocycles. The largest absolute Gasteiger partial charge is 0.382 e. The zero-order valence-electron chi connectivity index (χ0n) is 19.1. The fourth-order valence-corrected chi connectivity index (χ4v) is 4.95. The van der Waals surface area contributed by atoms with Gasteiger partial charge in [-0.05, 0) is 49.2 Å². The molecule has 0 saturated carbocycles. The summed E-state index contributed by atoms with van der Waals surface area (Å²) >= 11 is 0. The van der Waals surface area contributed by atoms with E-state index >= 15 is 0 Å². The Hall–Kier alpha value is -3.72. The average molecular weight is 463 g/mol. The van der Waals surface area contributed by atoms with Crippen molar-refractivity contribution in [2.75, 3.05) is 30.1 Å². The predicted octanol–water partition coefficient (Wildman–Crippen LogP) is 2.22. The number of urea groups is 1. The average Bonchev–Trinajstić information content (AvgIpc) is 3.31. The fraction of sp³-hybridized carbons (Fsp3) is 0.360. The smallest absolute Gasteiger partial charge is 0.329 e. The third-order valence-corrected chi connectivity index (χ3v) is 6.69. The molecule has 2 aromatic carbocycles. The summed E-state index contributed by atoms with van der Waals surface area (Å²) in [5.41, 5.74) is 3.89. The Morgan fingerprint density at radius 2 is 1.76 bits per heavy atom. The molecule has 1 N–H and O–H groups in total. The molecule has 0 spiro atoms. The van der Waals surface area contributed by atoms with Crippen molar-refractivity contribution in [2.24, 2.45) is 0 Å². The van der Waals surface area contributed by atoms with E-state index in [0.29, 0.717) is 30.8 Å². The zero-order valence-corrected chi connectivity index (χ0v) is 19.1. The van der Waals surface area contributed by atoms with Crippen LogP contribution in [0.5, 0.6) is 0 Å². The van der Waals surface area contributed by atoms with Crippen LogP contribution in [-0.4, -0.2) is 61.0 Å². The van der Waals surface area contributed by atoms with Gasteiger partial charge in [-0.15, -0.1) is 0 Å². The van der Waals surface area contributed by atoms with Crippen molar-refractivity contribution < 1.29 is 23.9 Å². The van der Waals surface area contributed by atoms with Gasteiger partial charge >= 0.3 is 6.03 Å². The highest BCUT2D eigenvalue weighted by molar-refractivity contribution is 6.08. The number of methoxy groups -OCH3 is 1. The molecule has 3 heterocycles. The third kappa shape index (κ3) is 3.71. The summed E-state index contributed by atoms with van der Waals surface area (Å²) in [7, 11) is 1.62. The molecule has 1 unspecified atom stereocenters. The molecule has 2 aromatic rings. The van der Waals surface area contributed by atoms with Crippen molar-refractivity contribution in [3.05, 3.63) is 59.2 Å². The van der Waals surface area contributed by atoms with E-state index in [9.17, 15) is 19.2 Å². The fourth-order valence-electron chi connectivity index (χ4n) is 4.95. The minimum Gasteiger partial charge on any atom is -0.382 e. The van der Waals surface area contributed by atoms with Crippen molar-refractivity contribution >= 4 is 35.1 Å². The first-order valence-corrected chi connectivity index (χ1v) is 11.3. The summed E-state index contributed by atoms with van der Waals surface area (Å²) in [5.74, 6) is -0.991. The number of rotatable bonds is 5. The van der Waals surface area contributed by atoms with Crippen LogP contribution < -0.4 is 15.1 Å². The Labute approximate surface area is 197 Å². The maximum atomic E-state index is 13.5. The van der Waals surface area contributed by atoms with Crippen LogP contribution in [0.3, 0.4) is 0 Å². The Morgan fingerprint density at radius 1 is 1.03 bits per heavy atom. The molecule has 9 nitrogen and oxygen atoms in total. The number of carbonyl (C=O) groups is 4. The highest BCUT2D eigenvalue weighted by Gasteiger charge is 2.41. The molecule has 2 fully saturated rings. The number of nitrogens with zero attached hydrogens (tertiary/aromatic N) is 3. The van der Waals surface area contributed by atoms with Gasteiger partial charge in [0.1, 0.15) is 6.04 Å². The van der Waals surface area contributed by atoms with Gasteiger partial charge < -0.3 is 9.64 Å². The molecule has 2 atom stereocenters. The second kappa shape index (κ2) is 8.57. The van der Waals surface area contributed by atoms with Gasteiger partial charge in [0, 0.05) is 37.0 Å². The molecular weight excluding hydrogens is 436 g/mol. The van der Waals surface area contributed by atoms with E-state index in [1.54, 1.807) is 29.0 Å². The second-order valence-corrected chi connectivity index (χ2v) is 8.95. The van der Waals surface area contributed by atoms with E-state index in [2.05, 4.69) is 5.32 Å². The van der Waals surface area contributed by atoms with Gasteiger partial charge in [-0.1, -0.05) is 17.7 Å². The predicted molar refractivity (Wildman–Crippen MR) is 125 cm³/mol. The van der Waals surface area contributed by atoms with Gasteiger partial charge in [0.2, 0.25) is 11.8 Å². The molecule has 5 amide bonds. The standard InChI is InChI=1S/C25H26N4O5/c1-15-3-5-17(6-4-15)29-19(14-34-2)13-27(25(29)33)18-7-8-20-16(11-18)12-28(24(20)32)21-9-10-22(30)26-23(21)31/h3-8,11,19,21H,9-10,12-14H2,1-2H3,(H,26,30,31)/t19-,21?/m0/s1. The number of ether oxygens (including phenoxy) is 1. The number of piperidine rings is 1. The van der Waals surface area contributed by atoms with Gasteiger partial charge in [-0.3, -0.25) is 29.5 Å². The molecule has 2 saturated heterocycles. The molecular formula is C25H26N4O5. The first-order chi connectivity index (χ1) is 16.4.